The molecule has 0 aliphatic carbocycles. The highest BCUT2D eigenvalue weighted by Gasteiger charge is 1.94. The van der Waals surface area contributed by atoms with Gasteiger partial charge in [0.15, 0.2) is 9.54 Å². The van der Waals surface area contributed by atoms with Gasteiger partial charge in [-0.1, -0.05) is 0 Å². The maximum atomic E-state index is 11.0. The zero-order valence-corrected chi connectivity index (χ0v) is 7.75. The lowest BCUT2D eigenvalue weighted by atomic mass is 10.9. The number of aromatic nitrogens is 3. The van der Waals surface area contributed by atoms with Gasteiger partial charge in [0.25, 0.3) is 0 Å². The Bertz CT molecular complexity index is 401. The third kappa shape index (κ3) is 1.31. The van der Waals surface area contributed by atoms with Gasteiger partial charge < -0.3 is 0 Å². The molecule has 0 saturated carbocycles. The Labute approximate surface area is 73.1 Å². The molecular formula is C5H7N3OS2. The molecule has 4 nitrogen and oxygen atoms in total. The summed E-state index contributed by atoms with van der Waals surface area (Å²) >= 11 is 9.72. The molecule has 1 aromatic rings. The van der Waals surface area contributed by atoms with E-state index in [2.05, 4.69) is 4.98 Å². The Kier molecular flexibility index (Phi) is 2.05. The molecule has 60 valence electrons. The van der Waals surface area contributed by atoms with Gasteiger partial charge in [-0.25, -0.2) is 4.79 Å². The van der Waals surface area contributed by atoms with Crippen molar-refractivity contribution in [2.75, 3.05) is 0 Å². The minimum atomic E-state index is -0.280. The standard InChI is InChI=1S/C5H7N3OS2/c1-7-3(9)6-4(10)8(2)5(7)11/h1-2H3,(H,6,9,10). The molecule has 6 heteroatoms. The number of aromatic amines is 1. The van der Waals surface area contributed by atoms with E-state index in [1.165, 1.54) is 4.57 Å². The summed E-state index contributed by atoms with van der Waals surface area (Å²) in [4.78, 5) is 13.4. The highest BCUT2D eigenvalue weighted by Crippen LogP contribution is 1.84. The third-order valence-corrected chi connectivity index (χ3v) is 2.32. The zero-order chi connectivity index (χ0) is 8.59. The summed E-state index contributed by atoms with van der Waals surface area (Å²) in [5.41, 5.74) is -0.280. The summed E-state index contributed by atoms with van der Waals surface area (Å²) in [6.45, 7) is 0. The summed E-state index contributed by atoms with van der Waals surface area (Å²) in [6, 6.07) is 0. The Hall–Kier alpha value is -0.750. The van der Waals surface area contributed by atoms with Crippen LogP contribution in [0.25, 0.3) is 0 Å². The third-order valence-electron chi connectivity index (χ3n) is 1.40. The lowest BCUT2D eigenvalue weighted by molar-refractivity contribution is 0.662. The molecule has 0 aliphatic rings. The van der Waals surface area contributed by atoms with Crippen molar-refractivity contribution >= 4 is 24.4 Å². The molecule has 0 bridgehead atoms. The van der Waals surface area contributed by atoms with E-state index in [4.69, 9.17) is 24.4 Å². The molecule has 0 spiro atoms. The highest BCUT2D eigenvalue weighted by molar-refractivity contribution is 7.71. The van der Waals surface area contributed by atoms with Gasteiger partial charge in [0.1, 0.15) is 0 Å². The van der Waals surface area contributed by atoms with Crippen molar-refractivity contribution in [3.05, 3.63) is 20.0 Å². The largest absolute Gasteiger partial charge is 0.329 e. The normalized spacial score (nSPS) is 10.0. The predicted octanol–water partition coefficient (Wildman–Crippen LogP) is 0.511. The SMILES string of the molecule is Cn1c(=O)[nH]c(=S)n(C)c1=S. The van der Waals surface area contributed by atoms with Crippen LogP contribution in [0.3, 0.4) is 0 Å². The van der Waals surface area contributed by atoms with Crippen LogP contribution in [-0.4, -0.2) is 14.1 Å². The van der Waals surface area contributed by atoms with Gasteiger partial charge in [0.05, 0.1) is 0 Å². The fourth-order valence-electron chi connectivity index (χ4n) is 0.658. The Morgan fingerprint density at radius 1 is 1.27 bits per heavy atom. The van der Waals surface area contributed by atoms with Gasteiger partial charge in [0.2, 0.25) is 0 Å². The van der Waals surface area contributed by atoms with Crippen LogP contribution in [0, 0.1) is 9.54 Å². The average molecular weight is 189 g/mol. The van der Waals surface area contributed by atoms with Gasteiger partial charge >= 0.3 is 5.69 Å². The fraction of sp³-hybridized carbons (Fsp3) is 0.400. The lowest BCUT2D eigenvalue weighted by Crippen LogP contribution is -2.24. The lowest BCUT2D eigenvalue weighted by Gasteiger charge is -2.01. The van der Waals surface area contributed by atoms with Gasteiger partial charge in [-0.3, -0.25) is 14.1 Å². The molecule has 0 amide bonds. The van der Waals surface area contributed by atoms with E-state index >= 15 is 0 Å². The Balaban J connectivity index is 3.89. The van der Waals surface area contributed by atoms with Crippen molar-refractivity contribution in [3.8, 4) is 0 Å². The summed E-state index contributed by atoms with van der Waals surface area (Å²) in [6.07, 6.45) is 0. The van der Waals surface area contributed by atoms with Crippen LogP contribution < -0.4 is 5.69 Å². The number of hydrogen-bond donors (Lipinski definition) is 1. The first-order valence-corrected chi connectivity index (χ1v) is 3.72. The van der Waals surface area contributed by atoms with Gasteiger partial charge in [-0.15, -0.1) is 0 Å². The van der Waals surface area contributed by atoms with Crippen molar-refractivity contribution in [1.29, 1.82) is 0 Å². The second-order valence-electron chi connectivity index (χ2n) is 2.14. The average Bonchev–Trinajstić information content (AvgIpc) is 1.97. The van der Waals surface area contributed by atoms with Gasteiger partial charge in [-0.2, -0.15) is 0 Å². The second kappa shape index (κ2) is 2.71. The van der Waals surface area contributed by atoms with E-state index in [1.54, 1.807) is 18.7 Å². The maximum Gasteiger partial charge on any atom is 0.329 e. The molecule has 0 unspecified atom stereocenters. The second-order valence-corrected chi connectivity index (χ2v) is 2.89. The summed E-state index contributed by atoms with van der Waals surface area (Å²) in [5.74, 6) is 0. The minimum Gasteiger partial charge on any atom is -0.298 e. The number of hydrogen-bond acceptors (Lipinski definition) is 3. The van der Waals surface area contributed by atoms with E-state index in [1.807, 2.05) is 0 Å². The monoisotopic (exact) mass is 189 g/mol. The molecule has 0 aliphatic heterocycles. The van der Waals surface area contributed by atoms with Crippen LogP contribution in [0.5, 0.6) is 0 Å². The van der Waals surface area contributed by atoms with Crippen molar-refractivity contribution in [1.82, 2.24) is 14.1 Å². The molecule has 11 heavy (non-hydrogen) atoms. The van der Waals surface area contributed by atoms with E-state index in [0.29, 0.717) is 9.54 Å². The first-order chi connectivity index (χ1) is 5.04. The first-order valence-electron chi connectivity index (χ1n) is 2.90. The van der Waals surface area contributed by atoms with Crippen molar-refractivity contribution in [3.63, 3.8) is 0 Å². The molecule has 0 atom stereocenters. The number of H-pyrrole nitrogens is 1. The summed E-state index contributed by atoms with van der Waals surface area (Å²) < 4.78 is 3.65. The molecule has 0 saturated heterocycles. The molecule has 0 fully saturated rings. The van der Waals surface area contributed by atoms with Crippen molar-refractivity contribution < 1.29 is 0 Å². The molecule has 0 aromatic carbocycles. The van der Waals surface area contributed by atoms with Crippen molar-refractivity contribution in [2.24, 2.45) is 14.1 Å². The Morgan fingerprint density at radius 2 is 1.82 bits per heavy atom. The molecule has 1 heterocycles. The number of nitrogens with one attached hydrogen (secondary N) is 1. The molecule has 1 aromatic heterocycles. The van der Waals surface area contributed by atoms with Crippen LogP contribution >= 0.6 is 24.4 Å². The highest BCUT2D eigenvalue weighted by atomic mass is 32.1. The van der Waals surface area contributed by atoms with Crippen molar-refractivity contribution in [2.45, 2.75) is 0 Å². The van der Waals surface area contributed by atoms with Crippen LogP contribution in [0.1, 0.15) is 0 Å². The summed E-state index contributed by atoms with van der Waals surface area (Å²) in [5, 5.41) is 0. The van der Waals surface area contributed by atoms with E-state index in [-0.39, 0.29) is 5.69 Å². The van der Waals surface area contributed by atoms with E-state index in [0.717, 1.165) is 0 Å². The van der Waals surface area contributed by atoms with Crippen LogP contribution in [0.2, 0.25) is 0 Å². The van der Waals surface area contributed by atoms with Crippen LogP contribution in [0.4, 0.5) is 0 Å². The smallest absolute Gasteiger partial charge is 0.298 e. The van der Waals surface area contributed by atoms with Crippen LogP contribution in [-0.2, 0) is 14.1 Å². The molecule has 1 N–H and O–H groups in total. The first kappa shape index (κ1) is 8.35. The quantitative estimate of drug-likeness (QED) is 0.605. The zero-order valence-electron chi connectivity index (χ0n) is 6.12. The topological polar surface area (TPSA) is 42.7 Å². The predicted molar refractivity (Wildman–Crippen MR) is 46.7 cm³/mol. The fourth-order valence-corrected chi connectivity index (χ4v) is 1.06. The summed E-state index contributed by atoms with van der Waals surface area (Å²) in [7, 11) is 3.30. The maximum absolute atomic E-state index is 11.0. The molecule has 0 radical (unpaired) electrons. The molecular weight excluding hydrogens is 182 g/mol. The van der Waals surface area contributed by atoms with Gasteiger partial charge in [0, 0.05) is 14.1 Å². The Morgan fingerprint density at radius 3 is 2.36 bits per heavy atom. The van der Waals surface area contributed by atoms with Crippen LogP contribution in [0.15, 0.2) is 4.79 Å². The van der Waals surface area contributed by atoms with E-state index < -0.39 is 0 Å². The minimum absolute atomic E-state index is 0.280. The molecule has 1 rings (SSSR count). The van der Waals surface area contributed by atoms with E-state index in [9.17, 15) is 4.79 Å². The number of rotatable bonds is 0. The number of nitrogens with zero attached hydrogens (tertiary/aromatic N) is 2. The van der Waals surface area contributed by atoms with Gasteiger partial charge in [-0.05, 0) is 24.4 Å².